The summed E-state index contributed by atoms with van der Waals surface area (Å²) in [6.45, 7) is 4.96. The van der Waals surface area contributed by atoms with Gasteiger partial charge in [0, 0.05) is 58.4 Å². The average molecular weight is 369 g/mol. The van der Waals surface area contributed by atoms with Crippen LogP contribution in [-0.2, 0) is 11.3 Å². The number of carbonyl (C=O) groups excluding carboxylic acids is 1. The van der Waals surface area contributed by atoms with Gasteiger partial charge in [-0.05, 0) is 24.7 Å². The Labute approximate surface area is 160 Å². The molecule has 0 aliphatic carbocycles. The van der Waals surface area contributed by atoms with Crippen molar-refractivity contribution in [3.8, 4) is 18.1 Å². The third kappa shape index (κ3) is 5.52. The zero-order valence-corrected chi connectivity index (χ0v) is 15.8. The highest BCUT2D eigenvalue weighted by Crippen LogP contribution is 2.37. The van der Waals surface area contributed by atoms with E-state index in [-0.39, 0.29) is 11.7 Å². The van der Waals surface area contributed by atoms with E-state index in [2.05, 4.69) is 38.3 Å². The van der Waals surface area contributed by atoms with Gasteiger partial charge in [-0.1, -0.05) is 6.07 Å². The molecule has 7 nitrogen and oxygen atoms in total. The zero-order chi connectivity index (χ0) is 19.3. The number of hydrogen-bond donors (Lipinski definition) is 2. The van der Waals surface area contributed by atoms with Gasteiger partial charge in [-0.15, -0.1) is 12.3 Å². The lowest BCUT2D eigenvalue weighted by Crippen LogP contribution is -2.43. The predicted octanol–water partition coefficient (Wildman–Crippen LogP) is 2.43. The fraction of sp³-hybridized carbons (Fsp3) is 0.550. The number of nitrogens with zero attached hydrogens (tertiary/aromatic N) is 4. The van der Waals surface area contributed by atoms with Crippen LogP contribution in [-0.4, -0.2) is 59.7 Å². The van der Waals surface area contributed by atoms with Crippen molar-refractivity contribution in [1.29, 1.82) is 0 Å². The number of benzene rings is 1. The summed E-state index contributed by atoms with van der Waals surface area (Å²) in [5, 5.41) is 21.0. The number of carbonyl (C=O) groups is 1. The van der Waals surface area contributed by atoms with Crippen LogP contribution in [0.1, 0.15) is 31.2 Å². The van der Waals surface area contributed by atoms with Crippen LogP contribution in [0.25, 0.3) is 0 Å². The van der Waals surface area contributed by atoms with E-state index in [1.165, 1.54) is 0 Å². The fourth-order valence-electron chi connectivity index (χ4n) is 3.24. The topological polar surface area (TPSA) is 80.5 Å². The summed E-state index contributed by atoms with van der Waals surface area (Å²) >= 11 is 0. The van der Waals surface area contributed by atoms with Crippen molar-refractivity contribution in [3.63, 3.8) is 0 Å². The maximum atomic E-state index is 12.3. The molecule has 0 aromatic heterocycles. The number of terminal acetylenes is 1. The molecule has 1 aromatic carbocycles. The number of phenolic OH excluding ortho intramolecular Hbond substituents is 1. The zero-order valence-electron chi connectivity index (χ0n) is 15.8. The molecule has 2 aliphatic heterocycles. The normalized spacial score (nSPS) is 18.8. The number of rotatable bonds is 8. The third-order valence-corrected chi connectivity index (χ3v) is 5.14. The second-order valence-electron chi connectivity index (χ2n) is 7.37. The first kappa shape index (κ1) is 19.3. The van der Waals surface area contributed by atoms with Gasteiger partial charge in [0.05, 0.1) is 5.69 Å². The number of nitrogens with one attached hydrogen (secondary N) is 1. The number of phenols is 1. The van der Waals surface area contributed by atoms with Crippen molar-refractivity contribution >= 4 is 11.6 Å². The van der Waals surface area contributed by atoms with Gasteiger partial charge in [-0.2, -0.15) is 10.2 Å². The molecule has 2 N–H and O–H groups in total. The van der Waals surface area contributed by atoms with Gasteiger partial charge < -0.3 is 15.3 Å². The molecule has 0 unspecified atom stereocenters. The quantitative estimate of drug-likeness (QED) is 0.545. The van der Waals surface area contributed by atoms with Crippen LogP contribution in [0.2, 0.25) is 0 Å². The minimum atomic E-state index is -0.463. The molecule has 27 heavy (non-hydrogen) atoms. The lowest BCUT2D eigenvalue weighted by atomic mass is 10.0. The van der Waals surface area contributed by atoms with E-state index in [1.807, 2.05) is 12.1 Å². The predicted molar refractivity (Wildman–Crippen MR) is 104 cm³/mol. The number of amides is 1. The Morgan fingerprint density at radius 1 is 1.30 bits per heavy atom. The molecular weight excluding hydrogens is 342 g/mol. The smallest absolute Gasteiger partial charge is 0.224 e. The number of hydrogen-bond acceptors (Lipinski definition) is 6. The molecule has 1 fully saturated rings. The molecule has 0 atom stereocenters. The van der Waals surface area contributed by atoms with E-state index in [0.717, 1.165) is 38.3 Å². The average Bonchev–Trinajstić information content (AvgIpc) is 3.43. The van der Waals surface area contributed by atoms with Crippen molar-refractivity contribution in [2.45, 2.75) is 37.9 Å². The van der Waals surface area contributed by atoms with E-state index in [0.29, 0.717) is 31.4 Å². The Hall–Kier alpha value is -2.43. The Bertz CT molecular complexity index is 741. The highest BCUT2D eigenvalue weighted by molar-refractivity contribution is 5.92. The first-order valence-electron chi connectivity index (χ1n) is 9.40. The summed E-state index contributed by atoms with van der Waals surface area (Å²) in [5.74, 6) is 2.50. The van der Waals surface area contributed by atoms with E-state index in [1.54, 1.807) is 6.07 Å². The summed E-state index contributed by atoms with van der Waals surface area (Å²) in [4.78, 5) is 17.0. The van der Waals surface area contributed by atoms with Crippen molar-refractivity contribution < 1.29 is 9.90 Å². The molecule has 144 valence electrons. The van der Waals surface area contributed by atoms with Crippen LogP contribution in [0.5, 0.6) is 5.75 Å². The number of aromatic hydroxyl groups is 1. The summed E-state index contributed by atoms with van der Waals surface area (Å²) < 4.78 is 0. The van der Waals surface area contributed by atoms with Gasteiger partial charge in [0.25, 0.3) is 0 Å². The van der Waals surface area contributed by atoms with Gasteiger partial charge in [0.15, 0.2) is 5.66 Å². The standard InChI is InChI=1S/C20H27N5O2/c1-3-4-8-20(22-23-20)9-7-19(27)21-17-14-16(5-6-18(17)26)15-25-12-10-24(2)11-13-25/h1,5-6,14,26H,4,7-13,15H2,2H3,(H,21,27). The molecule has 0 spiro atoms. The Balaban J connectivity index is 1.52. The highest BCUT2D eigenvalue weighted by Gasteiger charge is 2.39. The first-order chi connectivity index (χ1) is 13.0. The Kier molecular flexibility index (Phi) is 6.09. The summed E-state index contributed by atoms with van der Waals surface area (Å²) in [6.07, 6.45) is 7.40. The lowest BCUT2D eigenvalue weighted by Gasteiger charge is -2.32. The van der Waals surface area contributed by atoms with Gasteiger partial charge in [-0.3, -0.25) is 9.69 Å². The van der Waals surface area contributed by atoms with Crippen molar-refractivity contribution in [2.75, 3.05) is 38.5 Å². The van der Waals surface area contributed by atoms with Gasteiger partial charge in [0.1, 0.15) is 5.75 Å². The van der Waals surface area contributed by atoms with Crippen molar-refractivity contribution in [1.82, 2.24) is 9.80 Å². The molecule has 7 heteroatoms. The molecule has 0 radical (unpaired) electrons. The second kappa shape index (κ2) is 8.51. The summed E-state index contributed by atoms with van der Waals surface area (Å²) in [6, 6.07) is 5.40. The maximum Gasteiger partial charge on any atom is 0.224 e. The Morgan fingerprint density at radius 2 is 2.04 bits per heavy atom. The molecule has 1 aromatic rings. The van der Waals surface area contributed by atoms with Crippen LogP contribution < -0.4 is 5.32 Å². The van der Waals surface area contributed by atoms with Crippen LogP contribution in [0.3, 0.4) is 0 Å². The molecule has 3 rings (SSSR count). The van der Waals surface area contributed by atoms with E-state index < -0.39 is 5.66 Å². The largest absolute Gasteiger partial charge is 0.506 e. The van der Waals surface area contributed by atoms with E-state index >= 15 is 0 Å². The molecule has 0 saturated carbocycles. The van der Waals surface area contributed by atoms with Crippen LogP contribution in [0.4, 0.5) is 5.69 Å². The molecular formula is C20H27N5O2. The Morgan fingerprint density at radius 3 is 2.70 bits per heavy atom. The third-order valence-electron chi connectivity index (χ3n) is 5.14. The molecule has 2 heterocycles. The first-order valence-corrected chi connectivity index (χ1v) is 9.40. The fourth-order valence-corrected chi connectivity index (χ4v) is 3.24. The summed E-state index contributed by atoms with van der Waals surface area (Å²) in [7, 11) is 2.13. The minimum absolute atomic E-state index is 0.0771. The second-order valence-corrected chi connectivity index (χ2v) is 7.37. The van der Waals surface area contributed by atoms with Crippen LogP contribution >= 0.6 is 0 Å². The number of likely N-dealkylation sites (N-methyl/N-ethyl adjacent to an activating group) is 1. The highest BCUT2D eigenvalue weighted by atomic mass is 16.3. The SMILES string of the molecule is C#CCCC1(CCC(=O)Nc2cc(CN3CCN(C)CC3)ccc2O)N=N1. The number of anilines is 1. The van der Waals surface area contributed by atoms with E-state index in [4.69, 9.17) is 6.42 Å². The van der Waals surface area contributed by atoms with Crippen molar-refractivity contribution in [2.24, 2.45) is 10.2 Å². The van der Waals surface area contributed by atoms with Crippen molar-refractivity contribution in [3.05, 3.63) is 23.8 Å². The lowest BCUT2D eigenvalue weighted by molar-refractivity contribution is -0.116. The molecule has 2 aliphatic rings. The van der Waals surface area contributed by atoms with Gasteiger partial charge >= 0.3 is 0 Å². The van der Waals surface area contributed by atoms with Crippen LogP contribution in [0, 0.1) is 12.3 Å². The van der Waals surface area contributed by atoms with E-state index in [9.17, 15) is 9.90 Å². The molecule has 0 bridgehead atoms. The monoisotopic (exact) mass is 369 g/mol. The summed E-state index contributed by atoms with van der Waals surface area (Å²) in [5.41, 5.74) is 1.06. The maximum absolute atomic E-state index is 12.3. The van der Waals surface area contributed by atoms with Gasteiger partial charge in [0.2, 0.25) is 5.91 Å². The molecule has 1 amide bonds. The molecule has 1 saturated heterocycles. The van der Waals surface area contributed by atoms with Crippen LogP contribution in [0.15, 0.2) is 28.4 Å². The number of piperazine rings is 1. The minimum Gasteiger partial charge on any atom is -0.506 e. The van der Waals surface area contributed by atoms with Gasteiger partial charge in [-0.25, -0.2) is 0 Å².